The first-order valence-electron chi connectivity index (χ1n) is 11.3. The maximum atomic E-state index is 13.2. The first-order valence-corrected chi connectivity index (χ1v) is 11.3. The van der Waals surface area contributed by atoms with Crippen molar-refractivity contribution in [2.24, 2.45) is 5.10 Å². The molecule has 0 bridgehead atoms. The highest BCUT2D eigenvalue weighted by molar-refractivity contribution is 6.27. The standard InChI is InChI=1S/C24H27N5O6/c1-3-35-24(30)22(20-12-8-5-9-15-27(20)2)23(17-10-6-4-7-11-17)26-25-19-14-13-18(28(31)32)16-21(19)29(33)34/h4,6-7,10-11,13-14,16,25H,3,5,8-9,12,15H2,1-2H3/b22-20+,26-23-. The molecule has 1 saturated heterocycles. The van der Waals surface area contributed by atoms with Crippen LogP contribution in [-0.4, -0.2) is 46.6 Å². The topological polar surface area (TPSA) is 140 Å². The molecule has 11 heteroatoms. The zero-order chi connectivity index (χ0) is 25.4. The number of carbonyl (C=O) groups excluding carboxylic acids is 1. The second-order valence-corrected chi connectivity index (χ2v) is 7.93. The third-order valence-corrected chi connectivity index (χ3v) is 5.60. The van der Waals surface area contributed by atoms with Gasteiger partial charge in [0.15, 0.2) is 0 Å². The normalized spacial score (nSPS) is 15.7. The van der Waals surface area contributed by atoms with Crippen molar-refractivity contribution >= 4 is 28.7 Å². The predicted molar refractivity (Wildman–Crippen MR) is 131 cm³/mol. The molecule has 1 heterocycles. The third kappa shape index (κ3) is 6.19. The number of ether oxygens (including phenoxy) is 1. The van der Waals surface area contributed by atoms with Gasteiger partial charge in [0.1, 0.15) is 17.0 Å². The van der Waals surface area contributed by atoms with Crippen LogP contribution in [0.15, 0.2) is 64.9 Å². The molecule has 1 aliphatic rings. The number of benzene rings is 2. The summed E-state index contributed by atoms with van der Waals surface area (Å²) < 4.78 is 5.39. The van der Waals surface area contributed by atoms with Crippen molar-refractivity contribution in [3.8, 4) is 0 Å². The SMILES string of the molecule is CCOC(=O)C(/C(=N\Nc1ccc([N+](=O)[O-])cc1[N+](=O)[O-])c1ccccc1)=C1\CCCCCN1C. The van der Waals surface area contributed by atoms with E-state index < -0.39 is 27.2 Å². The summed E-state index contributed by atoms with van der Waals surface area (Å²) in [7, 11) is 1.91. The number of hydrazone groups is 1. The fraction of sp³-hybridized carbons (Fsp3) is 0.333. The van der Waals surface area contributed by atoms with Gasteiger partial charge in [-0.05, 0) is 32.3 Å². The monoisotopic (exact) mass is 481 g/mol. The number of allylic oxidation sites excluding steroid dienone is 1. The summed E-state index contributed by atoms with van der Waals surface area (Å²) in [6.45, 7) is 2.65. The summed E-state index contributed by atoms with van der Waals surface area (Å²) in [5, 5.41) is 27.1. The number of nitrogens with zero attached hydrogens (tertiary/aromatic N) is 4. The number of hydrogen-bond donors (Lipinski definition) is 1. The summed E-state index contributed by atoms with van der Waals surface area (Å²) in [4.78, 5) is 36.5. The van der Waals surface area contributed by atoms with Crippen molar-refractivity contribution in [2.75, 3.05) is 25.6 Å². The molecule has 2 aromatic carbocycles. The van der Waals surface area contributed by atoms with Crippen LogP contribution in [0.5, 0.6) is 0 Å². The molecule has 0 aromatic heterocycles. The second-order valence-electron chi connectivity index (χ2n) is 7.93. The predicted octanol–water partition coefficient (Wildman–Crippen LogP) is 4.64. The van der Waals surface area contributed by atoms with Gasteiger partial charge in [0, 0.05) is 30.9 Å². The van der Waals surface area contributed by atoms with Crippen molar-refractivity contribution < 1.29 is 19.4 Å². The minimum Gasteiger partial charge on any atom is -0.462 e. The van der Waals surface area contributed by atoms with E-state index >= 15 is 0 Å². The molecule has 0 aliphatic carbocycles. The Morgan fingerprint density at radius 1 is 1.09 bits per heavy atom. The molecule has 0 saturated carbocycles. The Hall–Kier alpha value is -4.28. The smallest absolute Gasteiger partial charge is 0.342 e. The second kappa shape index (κ2) is 11.7. The molecule has 11 nitrogen and oxygen atoms in total. The van der Waals surface area contributed by atoms with Crippen LogP contribution in [0.1, 0.15) is 38.2 Å². The molecule has 0 spiro atoms. The van der Waals surface area contributed by atoms with Crippen LogP contribution in [0.2, 0.25) is 0 Å². The first kappa shape index (κ1) is 25.3. The van der Waals surface area contributed by atoms with E-state index in [1.165, 1.54) is 6.07 Å². The number of carbonyl (C=O) groups is 1. The summed E-state index contributed by atoms with van der Waals surface area (Å²) in [6, 6.07) is 12.2. The maximum absolute atomic E-state index is 13.2. The zero-order valence-corrected chi connectivity index (χ0v) is 19.6. The van der Waals surface area contributed by atoms with Gasteiger partial charge < -0.3 is 9.64 Å². The molecular formula is C24H27N5O6. The highest BCUT2D eigenvalue weighted by Gasteiger charge is 2.27. The molecular weight excluding hydrogens is 454 g/mol. The average Bonchev–Trinajstić information content (AvgIpc) is 3.06. The van der Waals surface area contributed by atoms with Crippen LogP contribution in [0, 0.1) is 20.2 Å². The average molecular weight is 482 g/mol. The number of hydrogen-bond acceptors (Lipinski definition) is 9. The minimum atomic E-state index is -0.725. The molecule has 0 amide bonds. The summed E-state index contributed by atoms with van der Waals surface area (Å²) in [5.74, 6) is -0.543. The number of nitrogens with one attached hydrogen (secondary N) is 1. The van der Waals surface area contributed by atoms with E-state index in [2.05, 4.69) is 10.5 Å². The highest BCUT2D eigenvalue weighted by atomic mass is 16.6. The largest absolute Gasteiger partial charge is 0.462 e. The number of nitro benzene ring substituents is 2. The lowest BCUT2D eigenvalue weighted by molar-refractivity contribution is -0.393. The van der Waals surface area contributed by atoms with Gasteiger partial charge in [-0.2, -0.15) is 5.10 Å². The highest BCUT2D eigenvalue weighted by Crippen LogP contribution is 2.30. The summed E-state index contributed by atoms with van der Waals surface area (Å²) >= 11 is 0. The fourth-order valence-electron chi connectivity index (χ4n) is 3.87. The van der Waals surface area contributed by atoms with Gasteiger partial charge in [0.2, 0.25) is 0 Å². The summed E-state index contributed by atoms with van der Waals surface area (Å²) in [6.07, 6.45) is 3.55. The lowest BCUT2D eigenvalue weighted by atomic mass is 9.98. The number of likely N-dealkylation sites (tertiary alicyclic amines) is 1. The van der Waals surface area contributed by atoms with Gasteiger partial charge in [-0.1, -0.05) is 36.8 Å². The van der Waals surface area contributed by atoms with Crippen LogP contribution in [-0.2, 0) is 9.53 Å². The maximum Gasteiger partial charge on any atom is 0.342 e. The number of esters is 1. The van der Waals surface area contributed by atoms with Crippen LogP contribution in [0.25, 0.3) is 0 Å². The lowest BCUT2D eigenvalue weighted by Crippen LogP contribution is -2.27. The van der Waals surface area contributed by atoms with Crippen LogP contribution in [0.3, 0.4) is 0 Å². The van der Waals surface area contributed by atoms with Crippen molar-refractivity contribution in [1.82, 2.24) is 4.90 Å². The molecule has 0 atom stereocenters. The molecule has 3 rings (SSSR count). The lowest BCUT2D eigenvalue weighted by Gasteiger charge is -2.24. The molecule has 1 fully saturated rings. The molecule has 1 N–H and O–H groups in total. The number of nitro groups is 2. The Labute approximate surface area is 202 Å². The van der Waals surface area contributed by atoms with Gasteiger partial charge in [-0.25, -0.2) is 4.79 Å². The number of non-ortho nitro benzene ring substituents is 1. The van der Waals surface area contributed by atoms with Gasteiger partial charge in [0.25, 0.3) is 5.69 Å². The molecule has 35 heavy (non-hydrogen) atoms. The summed E-state index contributed by atoms with van der Waals surface area (Å²) in [5.41, 5.74) is 3.64. The van der Waals surface area contributed by atoms with E-state index in [0.29, 0.717) is 12.0 Å². The van der Waals surface area contributed by atoms with Crippen LogP contribution < -0.4 is 5.43 Å². The van der Waals surface area contributed by atoms with Crippen molar-refractivity contribution in [1.29, 1.82) is 0 Å². The Balaban J connectivity index is 2.18. The molecule has 0 radical (unpaired) electrons. The van der Waals surface area contributed by atoms with Crippen molar-refractivity contribution in [3.05, 3.63) is 85.6 Å². The van der Waals surface area contributed by atoms with Gasteiger partial charge in [-0.15, -0.1) is 0 Å². The Morgan fingerprint density at radius 3 is 2.49 bits per heavy atom. The van der Waals surface area contributed by atoms with Gasteiger partial charge in [-0.3, -0.25) is 25.7 Å². The van der Waals surface area contributed by atoms with E-state index in [-0.39, 0.29) is 23.6 Å². The van der Waals surface area contributed by atoms with E-state index in [1.807, 2.05) is 18.0 Å². The van der Waals surface area contributed by atoms with Gasteiger partial charge >= 0.3 is 11.7 Å². The fourth-order valence-corrected chi connectivity index (χ4v) is 3.87. The van der Waals surface area contributed by atoms with Gasteiger partial charge in [0.05, 0.1) is 22.5 Å². The molecule has 0 unspecified atom stereocenters. The number of rotatable bonds is 8. The third-order valence-electron chi connectivity index (χ3n) is 5.60. The molecule has 1 aliphatic heterocycles. The minimum absolute atomic E-state index is 0.0449. The van der Waals surface area contributed by atoms with E-state index in [9.17, 15) is 25.0 Å². The quantitative estimate of drug-likeness (QED) is 0.189. The molecule has 184 valence electrons. The molecule has 2 aromatic rings. The van der Waals surface area contributed by atoms with E-state index in [4.69, 9.17) is 4.74 Å². The van der Waals surface area contributed by atoms with E-state index in [0.717, 1.165) is 43.6 Å². The first-order chi connectivity index (χ1) is 16.8. The zero-order valence-electron chi connectivity index (χ0n) is 19.6. The Bertz CT molecular complexity index is 1160. The Morgan fingerprint density at radius 2 is 1.83 bits per heavy atom. The van der Waals surface area contributed by atoms with Crippen molar-refractivity contribution in [2.45, 2.75) is 32.6 Å². The van der Waals surface area contributed by atoms with E-state index in [1.54, 1.807) is 31.2 Å². The Kier molecular flexibility index (Phi) is 8.49. The number of anilines is 1. The van der Waals surface area contributed by atoms with Crippen molar-refractivity contribution in [3.63, 3.8) is 0 Å². The van der Waals surface area contributed by atoms with Crippen LogP contribution >= 0.6 is 0 Å². The van der Waals surface area contributed by atoms with Crippen LogP contribution in [0.4, 0.5) is 17.1 Å².